The van der Waals surface area contributed by atoms with Crippen LogP contribution in [0, 0.1) is 0 Å². The van der Waals surface area contributed by atoms with E-state index >= 15 is 0 Å². The van der Waals surface area contributed by atoms with E-state index in [0.29, 0.717) is 6.54 Å². The zero-order chi connectivity index (χ0) is 13.8. The first-order valence-electron chi connectivity index (χ1n) is 6.46. The molecule has 102 valence electrons. The van der Waals surface area contributed by atoms with Gasteiger partial charge in [0.2, 0.25) is 5.91 Å². The lowest BCUT2D eigenvalue weighted by Gasteiger charge is -2.21. The van der Waals surface area contributed by atoms with Crippen LogP contribution in [0.3, 0.4) is 0 Å². The highest BCUT2D eigenvalue weighted by molar-refractivity contribution is 5.76. The van der Waals surface area contributed by atoms with Crippen LogP contribution in [0.1, 0.15) is 40.3 Å². The lowest BCUT2D eigenvalue weighted by Crippen LogP contribution is -2.36. The summed E-state index contributed by atoms with van der Waals surface area (Å²) in [4.78, 5) is 11.7. The van der Waals surface area contributed by atoms with Gasteiger partial charge in [-0.2, -0.15) is 0 Å². The molecule has 0 spiro atoms. The summed E-state index contributed by atoms with van der Waals surface area (Å²) in [6.45, 7) is 11.5. The highest BCUT2D eigenvalue weighted by atomic mass is 16.2. The molecule has 0 unspecified atom stereocenters. The first-order valence-corrected chi connectivity index (χ1v) is 6.46. The molecule has 1 rings (SSSR count). The van der Waals surface area contributed by atoms with Crippen molar-refractivity contribution >= 4 is 5.91 Å². The molecule has 0 atom stereocenters. The number of nitrogens with one attached hydrogen (secondary N) is 2. The number of aromatic nitrogens is 1. The van der Waals surface area contributed by atoms with Gasteiger partial charge in [0.05, 0.1) is 0 Å². The van der Waals surface area contributed by atoms with Gasteiger partial charge in [-0.15, -0.1) is 0 Å². The van der Waals surface area contributed by atoms with Crippen LogP contribution >= 0.6 is 0 Å². The Kier molecular flexibility index (Phi) is 4.96. The zero-order valence-corrected chi connectivity index (χ0v) is 12.1. The Morgan fingerprint density at radius 1 is 1.39 bits per heavy atom. The van der Waals surface area contributed by atoms with Crippen molar-refractivity contribution in [2.75, 3.05) is 0 Å². The van der Waals surface area contributed by atoms with Crippen LogP contribution in [0.15, 0.2) is 18.3 Å². The minimum Gasteiger partial charge on any atom is -0.352 e. The normalized spacial score (nSPS) is 11.9. The molecule has 1 heterocycles. The van der Waals surface area contributed by atoms with E-state index in [4.69, 9.17) is 0 Å². The molecule has 0 saturated carbocycles. The summed E-state index contributed by atoms with van der Waals surface area (Å²) in [6, 6.07) is 4.20. The van der Waals surface area contributed by atoms with Crippen molar-refractivity contribution in [1.29, 1.82) is 0 Å². The number of rotatable bonds is 5. The SMILES string of the molecule is CC(C)NC(=O)Cn1cccc1CNC(C)(C)C. The number of hydrogen-bond acceptors (Lipinski definition) is 2. The lowest BCUT2D eigenvalue weighted by molar-refractivity contribution is -0.122. The molecule has 0 aliphatic rings. The molecule has 2 N–H and O–H groups in total. The van der Waals surface area contributed by atoms with Gasteiger partial charge in [-0.25, -0.2) is 0 Å². The molecule has 0 aliphatic heterocycles. The Hall–Kier alpha value is -1.29. The van der Waals surface area contributed by atoms with Crippen molar-refractivity contribution < 1.29 is 4.79 Å². The number of carbonyl (C=O) groups is 1. The summed E-state index contributed by atoms with van der Waals surface area (Å²) >= 11 is 0. The molecular formula is C14H25N3O. The van der Waals surface area contributed by atoms with Gasteiger partial charge >= 0.3 is 0 Å². The van der Waals surface area contributed by atoms with E-state index in [2.05, 4.69) is 31.4 Å². The molecule has 1 aromatic heterocycles. The van der Waals surface area contributed by atoms with Gasteiger partial charge in [-0.05, 0) is 46.8 Å². The molecular weight excluding hydrogens is 226 g/mol. The first-order chi connectivity index (χ1) is 8.28. The Morgan fingerprint density at radius 2 is 2.06 bits per heavy atom. The van der Waals surface area contributed by atoms with Gasteiger partial charge < -0.3 is 15.2 Å². The third kappa shape index (κ3) is 5.36. The van der Waals surface area contributed by atoms with Crippen molar-refractivity contribution in [3.05, 3.63) is 24.0 Å². The van der Waals surface area contributed by atoms with E-state index in [1.165, 1.54) is 0 Å². The van der Waals surface area contributed by atoms with Crippen LogP contribution in [-0.4, -0.2) is 22.1 Å². The monoisotopic (exact) mass is 251 g/mol. The summed E-state index contributed by atoms with van der Waals surface area (Å²) in [5, 5.41) is 6.33. The fourth-order valence-corrected chi connectivity index (χ4v) is 1.64. The third-order valence-electron chi connectivity index (χ3n) is 2.49. The predicted octanol–water partition coefficient (Wildman–Crippen LogP) is 1.90. The van der Waals surface area contributed by atoms with E-state index in [9.17, 15) is 4.79 Å². The van der Waals surface area contributed by atoms with Crippen molar-refractivity contribution in [2.45, 2.75) is 59.3 Å². The van der Waals surface area contributed by atoms with Gasteiger partial charge in [0.1, 0.15) is 6.54 Å². The topological polar surface area (TPSA) is 46.1 Å². The van der Waals surface area contributed by atoms with Crippen LogP contribution in [0.2, 0.25) is 0 Å². The van der Waals surface area contributed by atoms with Crippen molar-refractivity contribution in [3.63, 3.8) is 0 Å². The quantitative estimate of drug-likeness (QED) is 0.839. The zero-order valence-electron chi connectivity index (χ0n) is 12.1. The highest BCUT2D eigenvalue weighted by Crippen LogP contribution is 2.06. The number of carbonyl (C=O) groups excluding carboxylic acids is 1. The molecule has 0 aliphatic carbocycles. The lowest BCUT2D eigenvalue weighted by atomic mass is 10.1. The molecule has 0 bridgehead atoms. The minimum atomic E-state index is 0.0539. The van der Waals surface area contributed by atoms with Crippen LogP contribution in [0.25, 0.3) is 0 Å². The number of nitrogens with zero attached hydrogens (tertiary/aromatic N) is 1. The molecule has 4 nitrogen and oxygen atoms in total. The van der Waals surface area contributed by atoms with E-state index in [-0.39, 0.29) is 17.5 Å². The largest absolute Gasteiger partial charge is 0.352 e. The van der Waals surface area contributed by atoms with Crippen molar-refractivity contribution in [1.82, 2.24) is 15.2 Å². The molecule has 1 aromatic rings. The summed E-state index contributed by atoms with van der Waals surface area (Å²) in [5.41, 5.74) is 1.21. The van der Waals surface area contributed by atoms with E-state index in [0.717, 1.165) is 12.2 Å². The van der Waals surface area contributed by atoms with Crippen molar-refractivity contribution in [3.8, 4) is 0 Å². The molecule has 0 aromatic carbocycles. The second-order valence-electron chi connectivity index (χ2n) is 5.95. The molecule has 4 heteroatoms. The average Bonchev–Trinajstić information content (AvgIpc) is 2.59. The molecule has 1 amide bonds. The van der Waals surface area contributed by atoms with E-state index < -0.39 is 0 Å². The highest BCUT2D eigenvalue weighted by Gasteiger charge is 2.11. The van der Waals surface area contributed by atoms with Gasteiger partial charge in [-0.1, -0.05) is 0 Å². The van der Waals surface area contributed by atoms with Gasteiger partial charge in [0.15, 0.2) is 0 Å². The fraction of sp³-hybridized carbons (Fsp3) is 0.643. The predicted molar refractivity (Wildman–Crippen MR) is 74.3 cm³/mol. The van der Waals surface area contributed by atoms with Crippen LogP contribution in [0.5, 0.6) is 0 Å². The van der Waals surface area contributed by atoms with Crippen LogP contribution in [0.4, 0.5) is 0 Å². The Morgan fingerprint density at radius 3 is 2.61 bits per heavy atom. The van der Waals surface area contributed by atoms with Gasteiger partial charge in [0, 0.05) is 30.0 Å². The number of amides is 1. The Labute approximate surface area is 110 Å². The molecule has 0 radical (unpaired) electrons. The van der Waals surface area contributed by atoms with Gasteiger partial charge in [0.25, 0.3) is 0 Å². The molecule has 0 saturated heterocycles. The number of hydrogen-bond donors (Lipinski definition) is 2. The second kappa shape index (κ2) is 6.05. The molecule has 0 fully saturated rings. The maximum atomic E-state index is 11.7. The van der Waals surface area contributed by atoms with Crippen LogP contribution < -0.4 is 10.6 Å². The summed E-state index contributed by atoms with van der Waals surface area (Å²) in [7, 11) is 0. The third-order valence-corrected chi connectivity index (χ3v) is 2.49. The first kappa shape index (κ1) is 14.8. The van der Waals surface area contributed by atoms with E-state index in [1.54, 1.807) is 0 Å². The standard InChI is InChI=1S/C14H25N3O/c1-11(2)16-13(18)10-17-8-6-7-12(17)9-15-14(3,4)5/h6-8,11,15H,9-10H2,1-5H3,(H,16,18). The Balaban J connectivity index is 2.57. The fourth-order valence-electron chi connectivity index (χ4n) is 1.64. The summed E-state index contributed by atoms with van der Waals surface area (Å²) in [5.74, 6) is 0.0539. The van der Waals surface area contributed by atoms with Crippen LogP contribution in [-0.2, 0) is 17.9 Å². The smallest absolute Gasteiger partial charge is 0.240 e. The maximum Gasteiger partial charge on any atom is 0.240 e. The van der Waals surface area contributed by atoms with Gasteiger partial charge in [-0.3, -0.25) is 4.79 Å². The van der Waals surface area contributed by atoms with Crippen molar-refractivity contribution in [2.24, 2.45) is 0 Å². The average molecular weight is 251 g/mol. The minimum absolute atomic E-state index is 0.0539. The summed E-state index contributed by atoms with van der Waals surface area (Å²) in [6.07, 6.45) is 1.94. The maximum absolute atomic E-state index is 11.7. The summed E-state index contributed by atoms with van der Waals surface area (Å²) < 4.78 is 1.98. The Bertz CT molecular complexity index is 388. The second-order valence-corrected chi connectivity index (χ2v) is 5.95. The molecule has 18 heavy (non-hydrogen) atoms. The van der Waals surface area contributed by atoms with E-state index in [1.807, 2.05) is 36.7 Å².